The molecule has 11 nitrogen and oxygen atoms in total. The molecule has 0 saturated carbocycles. The number of ketones is 2. The van der Waals surface area contributed by atoms with E-state index in [0.29, 0.717) is 44.4 Å². The SMILES string of the molecule is COc1ccc(C[C@H](CC(=O)[C@H](C)NC(=O)CN2CCOCC2)C(=O)N[C@@H](Cc2ccccc2)C(=O)C2(C)CO2)cc1OC. The number of hydrogen-bond donors (Lipinski definition) is 2. The monoisotopic (exact) mass is 609 g/mol. The summed E-state index contributed by atoms with van der Waals surface area (Å²) in [5, 5.41) is 5.72. The molecule has 238 valence electrons. The highest BCUT2D eigenvalue weighted by Gasteiger charge is 2.50. The van der Waals surface area contributed by atoms with E-state index in [-0.39, 0.29) is 43.3 Å². The van der Waals surface area contributed by atoms with Crippen molar-refractivity contribution in [3.63, 3.8) is 0 Å². The van der Waals surface area contributed by atoms with E-state index in [4.69, 9.17) is 18.9 Å². The van der Waals surface area contributed by atoms with E-state index >= 15 is 0 Å². The summed E-state index contributed by atoms with van der Waals surface area (Å²) < 4.78 is 21.5. The zero-order valence-corrected chi connectivity index (χ0v) is 25.9. The molecule has 2 N–H and O–H groups in total. The zero-order valence-electron chi connectivity index (χ0n) is 25.9. The Kier molecular flexibility index (Phi) is 11.5. The summed E-state index contributed by atoms with van der Waals surface area (Å²) in [6.45, 7) is 6.22. The van der Waals surface area contributed by atoms with E-state index in [2.05, 4.69) is 10.6 Å². The molecule has 2 saturated heterocycles. The maximum atomic E-state index is 13.9. The Hall–Kier alpha value is -3.80. The van der Waals surface area contributed by atoms with Crippen molar-refractivity contribution in [2.24, 2.45) is 5.92 Å². The molecule has 2 aliphatic heterocycles. The maximum absolute atomic E-state index is 13.9. The second-order valence-electron chi connectivity index (χ2n) is 11.6. The van der Waals surface area contributed by atoms with Crippen LogP contribution in [0.5, 0.6) is 11.5 Å². The van der Waals surface area contributed by atoms with Crippen molar-refractivity contribution >= 4 is 23.4 Å². The summed E-state index contributed by atoms with van der Waals surface area (Å²) in [5.41, 5.74) is 0.697. The van der Waals surface area contributed by atoms with Crippen LogP contribution in [0, 0.1) is 5.92 Å². The average molecular weight is 610 g/mol. The number of hydrogen-bond acceptors (Lipinski definition) is 9. The first kappa shape index (κ1) is 33.1. The van der Waals surface area contributed by atoms with Crippen molar-refractivity contribution in [2.75, 3.05) is 53.7 Å². The van der Waals surface area contributed by atoms with E-state index < -0.39 is 29.5 Å². The number of ether oxygens (including phenoxy) is 4. The van der Waals surface area contributed by atoms with Crippen LogP contribution < -0.4 is 20.1 Å². The molecule has 0 bridgehead atoms. The van der Waals surface area contributed by atoms with E-state index in [9.17, 15) is 19.2 Å². The first-order chi connectivity index (χ1) is 21.1. The van der Waals surface area contributed by atoms with Crippen LogP contribution in [-0.2, 0) is 41.5 Å². The van der Waals surface area contributed by atoms with Gasteiger partial charge in [0.25, 0.3) is 0 Å². The summed E-state index contributed by atoms with van der Waals surface area (Å²) in [7, 11) is 3.06. The number of amides is 2. The van der Waals surface area contributed by atoms with Gasteiger partial charge in [-0.25, -0.2) is 0 Å². The number of methoxy groups -OCH3 is 2. The van der Waals surface area contributed by atoms with Crippen LogP contribution in [0.2, 0.25) is 0 Å². The first-order valence-electron chi connectivity index (χ1n) is 15.0. The Bertz CT molecular complexity index is 1310. The minimum atomic E-state index is -0.944. The summed E-state index contributed by atoms with van der Waals surface area (Å²) in [6.07, 6.45) is 0.348. The second-order valence-corrected chi connectivity index (χ2v) is 11.6. The molecular weight excluding hydrogens is 566 g/mol. The average Bonchev–Trinajstić information content (AvgIpc) is 3.78. The minimum absolute atomic E-state index is 0.140. The highest BCUT2D eigenvalue weighted by atomic mass is 16.6. The molecule has 2 aliphatic rings. The third kappa shape index (κ3) is 9.10. The lowest BCUT2D eigenvalue weighted by Crippen LogP contribution is -2.50. The lowest BCUT2D eigenvalue weighted by Gasteiger charge is -2.27. The molecule has 1 unspecified atom stereocenters. The molecule has 0 spiro atoms. The normalized spacial score (nSPS) is 20.1. The second kappa shape index (κ2) is 15.3. The predicted octanol–water partition coefficient (Wildman–Crippen LogP) is 1.74. The van der Waals surface area contributed by atoms with Crippen molar-refractivity contribution in [1.29, 1.82) is 0 Å². The first-order valence-corrected chi connectivity index (χ1v) is 15.0. The molecule has 4 rings (SSSR count). The van der Waals surface area contributed by atoms with Crippen LogP contribution in [0.1, 0.15) is 31.4 Å². The number of nitrogens with zero attached hydrogens (tertiary/aromatic N) is 1. The van der Waals surface area contributed by atoms with Crippen molar-refractivity contribution in [3.05, 3.63) is 59.7 Å². The van der Waals surface area contributed by atoms with Gasteiger partial charge in [-0.05, 0) is 49.9 Å². The number of nitrogens with one attached hydrogen (secondary N) is 2. The van der Waals surface area contributed by atoms with Crippen molar-refractivity contribution in [1.82, 2.24) is 15.5 Å². The fourth-order valence-corrected chi connectivity index (χ4v) is 5.27. The Morgan fingerprint density at radius 1 is 0.932 bits per heavy atom. The highest BCUT2D eigenvalue weighted by Crippen LogP contribution is 2.31. The van der Waals surface area contributed by atoms with Crippen molar-refractivity contribution in [3.8, 4) is 11.5 Å². The van der Waals surface area contributed by atoms with Gasteiger partial charge < -0.3 is 29.6 Å². The van der Waals surface area contributed by atoms with Gasteiger partial charge in [0.05, 0.1) is 52.7 Å². The van der Waals surface area contributed by atoms with E-state index in [1.54, 1.807) is 26.0 Å². The van der Waals surface area contributed by atoms with Gasteiger partial charge in [0.15, 0.2) is 23.1 Å². The third-order valence-corrected chi connectivity index (χ3v) is 8.09. The maximum Gasteiger partial charge on any atom is 0.234 e. The van der Waals surface area contributed by atoms with Crippen LogP contribution in [0.4, 0.5) is 0 Å². The van der Waals surface area contributed by atoms with Crippen LogP contribution in [-0.4, -0.2) is 99.6 Å². The molecule has 2 fully saturated rings. The standard InChI is InChI=1S/C33H43N3O8/c1-22(34-30(38)20-36-12-14-43-15-13-36)27(37)19-25(16-24-10-11-28(41-3)29(18-24)42-4)32(40)35-26(31(39)33(2)21-44-33)17-23-8-6-5-7-9-23/h5-11,18,22,25-26H,12-17,19-21H2,1-4H3,(H,34,38)(H,35,40)/t22-,25+,26-,33?/m0/s1. The van der Waals surface area contributed by atoms with Gasteiger partial charge in [-0.3, -0.25) is 24.1 Å². The Morgan fingerprint density at radius 2 is 1.61 bits per heavy atom. The van der Waals surface area contributed by atoms with Gasteiger partial charge in [0.2, 0.25) is 11.8 Å². The number of benzene rings is 2. The Balaban J connectivity index is 1.50. The smallest absolute Gasteiger partial charge is 0.234 e. The van der Waals surface area contributed by atoms with Gasteiger partial charge in [-0.15, -0.1) is 0 Å². The summed E-state index contributed by atoms with van der Waals surface area (Å²) in [4.78, 5) is 55.4. The molecule has 2 amide bonds. The third-order valence-electron chi connectivity index (χ3n) is 8.09. The van der Waals surface area contributed by atoms with Gasteiger partial charge in [-0.2, -0.15) is 0 Å². The fourth-order valence-electron chi connectivity index (χ4n) is 5.27. The summed E-state index contributed by atoms with van der Waals surface area (Å²) in [6, 6.07) is 13.1. The van der Waals surface area contributed by atoms with Crippen LogP contribution in [0.15, 0.2) is 48.5 Å². The molecule has 2 heterocycles. The lowest BCUT2D eigenvalue weighted by molar-refractivity contribution is -0.134. The molecule has 2 aromatic carbocycles. The van der Waals surface area contributed by atoms with E-state index in [1.807, 2.05) is 41.3 Å². The quantitative estimate of drug-likeness (QED) is 0.273. The number of Topliss-reactive ketones (excluding diaryl/α,β-unsaturated/α-hetero) is 2. The Morgan fingerprint density at radius 3 is 2.25 bits per heavy atom. The summed E-state index contributed by atoms with van der Waals surface area (Å²) >= 11 is 0. The van der Waals surface area contributed by atoms with Crippen LogP contribution in [0.3, 0.4) is 0 Å². The lowest BCUT2D eigenvalue weighted by atomic mass is 9.89. The van der Waals surface area contributed by atoms with E-state index in [0.717, 1.165) is 11.1 Å². The molecule has 0 aliphatic carbocycles. The van der Waals surface area contributed by atoms with Crippen molar-refractivity contribution in [2.45, 2.75) is 50.8 Å². The number of morpholine rings is 1. The van der Waals surface area contributed by atoms with Crippen LogP contribution in [0.25, 0.3) is 0 Å². The molecule has 11 heteroatoms. The number of carbonyl (C=O) groups is 4. The van der Waals surface area contributed by atoms with Gasteiger partial charge in [0.1, 0.15) is 5.60 Å². The van der Waals surface area contributed by atoms with Gasteiger partial charge >= 0.3 is 0 Å². The largest absolute Gasteiger partial charge is 0.493 e. The predicted molar refractivity (Wildman–Crippen MR) is 163 cm³/mol. The highest BCUT2D eigenvalue weighted by molar-refractivity contribution is 5.98. The zero-order chi connectivity index (χ0) is 31.7. The van der Waals surface area contributed by atoms with Gasteiger partial charge in [0, 0.05) is 25.4 Å². The molecular formula is C33H43N3O8. The van der Waals surface area contributed by atoms with Gasteiger partial charge in [-0.1, -0.05) is 36.4 Å². The number of carbonyl (C=O) groups excluding carboxylic acids is 4. The number of rotatable bonds is 16. The molecule has 0 radical (unpaired) electrons. The number of epoxide rings is 1. The minimum Gasteiger partial charge on any atom is -0.493 e. The van der Waals surface area contributed by atoms with Crippen molar-refractivity contribution < 1.29 is 38.1 Å². The molecule has 44 heavy (non-hydrogen) atoms. The summed E-state index contributed by atoms with van der Waals surface area (Å²) in [5.74, 6) is -0.984. The topological polar surface area (TPSA) is 136 Å². The van der Waals surface area contributed by atoms with Crippen LogP contribution >= 0.6 is 0 Å². The Labute approximate surface area is 258 Å². The molecule has 2 aromatic rings. The molecule has 4 atom stereocenters. The fraction of sp³-hybridized carbons (Fsp3) is 0.515. The van der Waals surface area contributed by atoms with E-state index in [1.165, 1.54) is 14.2 Å². The molecule has 0 aromatic heterocycles.